The summed E-state index contributed by atoms with van der Waals surface area (Å²) in [5.41, 5.74) is 13.6. The fraction of sp³-hybridized carbons (Fsp3) is 0.208. The summed E-state index contributed by atoms with van der Waals surface area (Å²) in [7, 11) is 0. The second kappa shape index (κ2) is 12.7. The van der Waals surface area contributed by atoms with Crippen molar-refractivity contribution >= 4 is 33.1 Å². The number of hydrogen-bond acceptors (Lipinski definition) is 2. The summed E-state index contributed by atoms with van der Waals surface area (Å²) in [5.74, 6) is 0.724. The maximum Gasteiger partial charge on any atom is 0.160 e. The summed E-state index contributed by atoms with van der Waals surface area (Å²) < 4.78 is 2.50. The van der Waals surface area contributed by atoms with Crippen LogP contribution in [0, 0.1) is 0 Å². The SMILES string of the molecule is CC(C)(C)c1ccc2c(c1)c1cc(C(C)(C)C)ccc1n2C1=CCCC=C1c1nc(-c2ccccc2)nc(-c2ccccc2)c1-c1ccccc1. The molecule has 0 spiro atoms. The number of aromatic nitrogens is 3. The van der Waals surface area contributed by atoms with Gasteiger partial charge in [-0.05, 0) is 64.6 Å². The van der Waals surface area contributed by atoms with Gasteiger partial charge in [-0.1, -0.05) is 157 Å². The van der Waals surface area contributed by atoms with Crippen LogP contribution in [0.5, 0.6) is 0 Å². The molecule has 0 amide bonds. The Morgan fingerprint density at radius 2 is 0.961 bits per heavy atom. The van der Waals surface area contributed by atoms with Crippen LogP contribution in [0.3, 0.4) is 0 Å². The van der Waals surface area contributed by atoms with Gasteiger partial charge in [-0.15, -0.1) is 0 Å². The Hall–Kier alpha value is -5.54. The maximum absolute atomic E-state index is 5.51. The normalized spacial score (nSPS) is 13.8. The van der Waals surface area contributed by atoms with Gasteiger partial charge in [0.2, 0.25) is 0 Å². The first-order chi connectivity index (χ1) is 24.6. The Morgan fingerprint density at radius 3 is 1.49 bits per heavy atom. The van der Waals surface area contributed by atoms with Gasteiger partial charge in [0.05, 0.1) is 28.1 Å². The fourth-order valence-corrected chi connectivity index (χ4v) is 7.36. The molecule has 3 heteroatoms. The van der Waals surface area contributed by atoms with E-state index in [0.717, 1.165) is 57.9 Å². The molecule has 0 bridgehead atoms. The highest BCUT2D eigenvalue weighted by atomic mass is 15.0. The van der Waals surface area contributed by atoms with Crippen LogP contribution < -0.4 is 0 Å². The molecule has 2 aromatic heterocycles. The smallest absolute Gasteiger partial charge is 0.160 e. The zero-order chi connectivity index (χ0) is 35.3. The van der Waals surface area contributed by atoms with E-state index < -0.39 is 0 Å². The van der Waals surface area contributed by atoms with Crippen LogP contribution in [0.15, 0.2) is 140 Å². The zero-order valence-corrected chi connectivity index (χ0v) is 30.5. The Labute approximate surface area is 302 Å². The largest absolute Gasteiger partial charge is 0.309 e. The van der Waals surface area contributed by atoms with E-state index in [1.165, 1.54) is 38.6 Å². The molecule has 1 aliphatic carbocycles. The third-order valence-corrected chi connectivity index (χ3v) is 10.2. The molecule has 0 saturated carbocycles. The van der Waals surface area contributed by atoms with Crippen molar-refractivity contribution in [2.24, 2.45) is 0 Å². The minimum absolute atomic E-state index is 0.0344. The Kier molecular flexibility index (Phi) is 8.10. The van der Waals surface area contributed by atoms with E-state index in [2.05, 4.69) is 180 Å². The van der Waals surface area contributed by atoms with Crippen LogP contribution in [0.1, 0.15) is 71.2 Å². The lowest BCUT2D eigenvalue weighted by Gasteiger charge is -2.24. The number of nitrogens with zero attached hydrogens (tertiary/aromatic N) is 3. The van der Waals surface area contributed by atoms with Crippen molar-refractivity contribution < 1.29 is 0 Å². The van der Waals surface area contributed by atoms with Crippen molar-refractivity contribution in [1.82, 2.24) is 14.5 Å². The average Bonchev–Trinajstić information content (AvgIpc) is 3.48. The molecule has 0 atom stereocenters. The number of fused-ring (bicyclic) bond motifs is 3. The van der Waals surface area contributed by atoms with Crippen molar-refractivity contribution in [3.8, 4) is 33.8 Å². The molecule has 0 unspecified atom stereocenters. The second-order valence-electron chi connectivity index (χ2n) is 15.8. The van der Waals surface area contributed by atoms with Crippen LogP contribution >= 0.6 is 0 Å². The van der Waals surface area contributed by atoms with E-state index >= 15 is 0 Å². The molecule has 3 nitrogen and oxygen atoms in total. The topological polar surface area (TPSA) is 30.7 Å². The predicted octanol–water partition coefficient (Wildman–Crippen LogP) is 12.9. The minimum Gasteiger partial charge on any atom is -0.309 e. The lowest BCUT2D eigenvalue weighted by molar-refractivity contribution is 0.590. The maximum atomic E-state index is 5.51. The average molecular weight is 664 g/mol. The molecule has 1 aliphatic rings. The van der Waals surface area contributed by atoms with E-state index in [9.17, 15) is 0 Å². The van der Waals surface area contributed by atoms with Crippen molar-refractivity contribution in [3.63, 3.8) is 0 Å². The van der Waals surface area contributed by atoms with Gasteiger partial charge < -0.3 is 4.57 Å². The highest BCUT2D eigenvalue weighted by Gasteiger charge is 2.27. The van der Waals surface area contributed by atoms with Gasteiger partial charge in [-0.3, -0.25) is 0 Å². The number of hydrogen-bond donors (Lipinski definition) is 0. The first kappa shape index (κ1) is 32.7. The molecule has 0 N–H and O–H groups in total. The van der Waals surface area contributed by atoms with Crippen molar-refractivity contribution in [3.05, 3.63) is 156 Å². The van der Waals surface area contributed by atoms with Crippen molar-refractivity contribution in [1.29, 1.82) is 0 Å². The predicted molar refractivity (Wildman–Crippen MR) is 217 cm³/mol. The molecule has 0 radical (unpaired) electrons. The molecule has 0 saturated heterocycles. The number of rotatable bonds is 5. The fourth-order valence-electron chi connectivity index (χ4n) is 7.36. The van der Waals surface area contributed by atoms with Gasteiger partial charge >= 0.3 is 0 Å². The summed E-state index contributed by atoms with van der Waals surface area (Å²) in [6.07, 6.45) is 6.73. The lowest BCUT2D eigenvalue weighted by atomic mass is 9.85. The van der Waals surface area contributed by atoms with Gasteiger partial charge in [-0.2, -0.15) is 0 Å². The molecule has 8 rings (SSSR count). The van der Waals surface area contributed by atoms with Crippen LogP contribution in [0.2, 0.25) is 0 Å². The Bertz CT molecular complexity index is 2380. The molecule has 2 heterocycles. The van der Waals surface area contributed by atoms with Gasteiger partial charge in [-0.25, -0.2) is 9.97 Å². The van der Waals surface area contributed by atoms with Gasteiger partial charge in [0, 0.05) is 33.0 Å². The van der Waals surface area contributed by atoms with E-state index in [0.29, 0.717) is 0 Å². The van der Waals surface area contributed by atoms with Crippen molar-refractivity contribution in [2.75, 3.05) is 0 Å². The lowest BCUT2D eigenvalue weighted by Crippen LogP contribution is -2.11. The molecule has 5 aromatic carbocycles. The third-order valence-electron chi connectivity index (χ3n) is 10.2. The molecule has 0 aliphatic heterocycles. The highest BCUT2D eigenvalue weighted by Crippen LogP contribution is 2.45. The Morgan fingerprint density at radius 1 is 0.490 bits per heavy atom. The second-order valence-corrected chi connectivity index (χ2v) is 15.8. The van der Waals surface area contributed by atoms with E-state index in [1.54, 1.807) is 0 Å². The standard InChI is InChI=1S/C48H45N3/c1-47(2,3)35-26-28-41-38(30-35)39-31-36(48(4,5)6)27-29-42(39)51(41)40-25-17-16-24-37(40)45-43(32-18-10-7-11-19-32)44(33-20-12-8-13-21-33)49-46(50-45)34-22-14-9-15-23-34/h7-15,18-31H,16-17H2,1-6H3. The van der Waals surface area contributed by atoms with Gasteiger partial charge in [0.1, 0.15) is 0 Å². The van der Waals surface area contributed by atoms with E-state index in [-0.39, 0.29) is 10.8 Å². The number of allylic oxidation sites excluding steroid dienone is 4. The first-order valence-corrected chi connectivity index (χ1v) is 18.2. The molecule has 0 fully saturated rings. The van der Waals surface area contributed by atoms with Crippen LogP contribution in [0.25, 0.3) is 66.8 Å². The molecule has 252 valence electrons. The minimum atomic E-state index is 0.0344. The molecular formula is C48H45N3. The third kappa shape index (κ3) is 6.01. The quantitative estimate of drug-likeness (QED) is 0.183. The summed E-state index contributed by atoms with van der Waals surface area (Å²) >= 11 is 0. The number of benzene rings is 5. The van der Waals surface area contributed by atoms with E-state index in [1.807, 2.05) is 6.07 Å². The van der Waals surface area contributed by atoms with Crippen LogP contribution in [0.4, 0.5) is 0 Å². The molecular weight excluding hydrogens is 619 g/mol. The van der Waals surface area contributed by atoms with Gasteiger partial charge in [0.15, 0.2) is 5.82 Å². The summed E-state index contributed by atoms with van der Waals surface area (Å²) in [5, 5.41) is 2.57. The van der Waals surface area contributed by atoms with Crippen LogP contribution in [-0.4, -0.2) is 14.5 Å². The molecule has 51 heavy (non-hydrogen) atoms. The summed E-state index contributed by atoms with van der Waals surface area (Å²) in [6.45, 7) is 13.8. The first-order valence-electron chi connectivity index (χ1n) is 18.2. The Balaban J connectivity index is 1.44. The van der Waals surface area contributed by atoms with Gasteiger partial charge in [0.25, 0.3) is 0 Å². The van der Waals surface area contributed by atoms with Crippen molar-refractivity contribution in [2.45, 2.75) is 65.2 Å². The molecule has 7 aromatic rings. The van der Waals surface area contributed by atoms with E-state index in [4.69, 9.17) is 9.97 Å². The monoisotopic (exact) mass is 663 g/mol. The van der Waals surface area contributed by atoms with Crippen LogP contribution in [-0.2, 0) is 10.8 Å². The zero-order valence-electron chi connectivity index (χ0n) is 30.5. The summed E-state index contributed by atoms with van der Waals surface area (Å²) in [4.78, 5) is 10.8. The highest BCUT2D eigenvalue weighted by molar-refractivity contribution is 6.15. The summed E-state index contributed by atoms with van der Waals surface area (Å²) in [6, 6.07) is 45.8.